The summed E-state index contributed by atoms with van der Waals surface area (Å²) < 4.78 is 5.34. The van der Waals surface area contributed by atoms with Gasteiger partial charge in [0.15, 0.2) is 11.8 Å². The highest BCUT2D eigenvalue weighted by atomic mass is 16.5. The number of hydrogen-bond donors (Lipinski definition) is 1. The number of esters is 1. The maximum Gasteiger partial charge on any atom is 0.360 e. The summed E-state index contributed by atoms with van der Waals surface area (Å²) in [6.07, 6.45) is 3.21. The van der Waals surface area contributed by atoms with Crippen molar-refractivity contribution in [2.45, 2.75) is 50.7 Å². The van der Waals surface area contributed by atoms with Gasteiger partial charge in [-0.1, -0.05) is 37.5 Å². The lowest BCUT2D eigenvalue weighted by Crippen LogP contribution is -2.53. The monoisotopic (exact) mass is 354 g/mol. The molecule has 1 N–H and O–H groups in total. The van der Waals surface area contributed by atoms with Crippen LogP contribution >= 0.6 is 0 Å². The molecule has 7 heteroatoms. The largest absolute Gasteiger partial charge is 0.448 e. The molecule has 0 bridgehead atoms. The lowest BCUT2D eigenvalue weighted by Gasteiger charge is -2.39. The Morgan fingerprint density at radius 3 is 2.69 bits per heavy atom. The first-order valence-electron chi connectivity index (χ1n) is 8.81. The van der Waals surface area contributed by atoms with Crippen LogP contribution in [-0.4, -0.2) is 45.7 Å². The molecule has 7 nitrogen and oxygen atoms in total. The number of aromatic amines is 1. The SMILES string of the molecule is C[C@H](OC(=O)c1n[nH]c2ccccc12)C(=O)N(C)C1(C#N)CCCCC1. The van der Waals surface area contributed by atoms with Crippen molar-refractivity contribution in [1.29, 1.82) is 5.26 Å². The molecular formula is C19H22N4O3. The van der Waals surface area contributed by atoms with Gasteiger partial charge >= 0.3 is 5.97 Å². The minimum Gasteiger partial charge on any atom is -0.448 e. The standard InChI is InChI=1S/C19H22N4O3/c1-13(17(24)23(2)19(12-20)10-6-3-7-11-19)26-18(25)16-14-8-4-5-9-15(14)21-22-16/h4-5,8-9,13H,3,6-7,10-11H2,1-2H3,(H,21,22)/t13-/m0/s1. The molecule has 0 unspecified atom stereocenters. The molecule has 0 spiro atoms. The van der Waals surface area contributed by atoms with Gasteiger partial charge in [0.05, 0.1) is 11.6 Å². The summed E-state index contributed by atoms with van der Waals surface area (Å²) in [4.78, 5) is 26.6. The predicted octanol–water partition coefficient (Wildman–Crippen LogP) is 2.79. The molecule has 2 aromatic rings. The molecule has 1 aliphatic carbocycles. The number of amides is 1. The Morgan fingerprint density at radius 2 is 2.00 bits per heavy atom. The Bertz CT molecular complexity index is 861. The zero-order valence-corrected chi connectivity index (χ0v) is 15.0. The van der Waals surface area contributed by atoms with Crippen LogP contribution in [0.15, 0.2) is 24.3 Å². The number of hydrogen-bond acceptors (Lipinski definition) is 5. The second-order valence-corrected chi connectivity index (χ2v) is 6.77. The number of nitrogens with zero attached hydrogens (tertiary/aromatic N) is 3. The normalized spacial score (nSPS) is 17.3. The number of aromatic nitrogens is 2. The number of likely N-dealkylation sites (N-methyl/N-ethyl adjacent to an activating group) is 1. The summed E-state index contributed by atoms with van der Waals surface area (Å²) in [5, 5.41) is 17.0. The summed E-state index contributed by atoms with van der Waals surface area (Å²) >= 11 is 0. The summed E-state index contributed by atoms with van der Waals surface area (Å²) in [5.74, 6) is -1.03. The first-order chi connectivity index (χ1) is 12.5. The van der Waals surface area contributed by atoms with Crippen molar-refractivity contribution in [2.75, 3.05) is 7.05 Å². The fraction of sp³-hybridized carbons (Fsp3) is 0.474. The number of nitrogens with one attached hydrogen (secondary N) is 1. The summed E-state index contributed by atoms with van der Waals surface area (Å²) in [6.45, 7) is 1.53. The molecule has 26 heavy (non-hydrogen) atoms. The van der Waals surface area contributed by atoms with Crippen molar-refractivity contribution in [3.63, 3.8) is 0 Å². The molecule has 0 aliphatic heterocycles. The maximum absolute atomic E-state index is 12.7. The van der Waals surface area contributed by atoms with E-state index < -0.39 is 17.6 Å². The Balaban J connectivity index is 1.72. The van der Waals surface area contributed by atoms with Crippen molar-refractivity contribution in [3.8, 4) is 6.07 Å². The smallest absolute Gasteiger partial charge is 0.360 e. The van der Waals surface area contributed by atoms with E-state index in [4.69, 9.17) is 4.74 Å². The lowest BCUT2D eigenvalue weighted by molar-refractivity contribution is -0.143. The molecule has 1 atom stereocenters. The van der Waals surface area contributed by atoms with Gasteiger partial charge in [0.2, 0.25) is 0 Å². The molecule has 1 aromatic heterocycles. The van der Waals surface area contributed by atoms with Gasteiger partial charge in [0, 0.05) is 12.4 Å². The van der Waals surface area contributed by atoms with Gasteiger partial charge in [-0.05, 0) is 25.8 Å². The molecule has 1 heterocycles. The van der Waals surface area contributed by atoms with E-state index in [2.05, 4.69) is 16.3 Å². The summed E-state index contributed by atoms with van der Waals surface area (Å²) in [6, 6.07) is 9.51. The van der Waals surface area contributed by atoms with E-state index in [1.165, 1.54) is 11.8 Å². The second kappa shape index (κ2) is 7.16. The zero-order valence-electron chi connectivity index (χ0n) is 15.0. The number of benzene rings is 1. The highest BCUT2D eigenvalue weighted by Crippen LogP contribution is 2.33. The molecule has 1 aliphatic rings. The zero-order chi connectivity index (χ0) is 18.7. The van der Waals surface area contributed by atoms with Gasteiger partial charge in [-0.2, -0.15) is 10.4 Å². The average molecular weight is 354 g/mol. The van der Waals surface area contributed by atoms with Gasteiger partial charge < -0.3 is 9.64 Å². The van der Waals surface area contributed by atoms with Crippen LogP contribution in [0.1, 0.15) is 49.5 Å². The lowest BCUT2D eigenvalue weighted by atomic mass is 9.81. The van der Waals surface area contributed by atoms with Crippen LogP contribution in [0.25, 0.3) is 10.9 Å². The quantitative estimate of drug-likeness (QED) is 0.851. The molecule has 0 saturated heterocycles. The van der Waals surface area contributed by atoms with E-state index in [1.807, 2.05) is 6.07 Å². The van der Waals surface area contributed by atoms with Gasteiger partial charge in [-0.3, -0.25) is 9.89 Å². The van der Waals surface area contributed by atoms with Crippen molar-refractivity contribution in [2.24, 2.45) is 0 Å². The van der Waals surface area contributed by atoms with Crippen molar-refractivity contribution in [1.82, 2.24) is 15.1 Å². The third-order valence-electron chi connectivity index (χ3n) is 5.16. The van der Waals surface area contributed by atoms with Crippen LogP contribution in [0, 0.1) is 11.3 Å². The minimum absolute atomic E-state index is 0.149. The molecule has 0 radical (unpaired) electrons. The molecule has 3 rings (SSSR count). The number of fused-ring (bicyclic) bond motifs is 1. The highest BCUT2D eigenvalue weighted by molar-refractivity contribution is 6.02. The van der Waals surface area contributed by atoms with Crippen molar-refractivity contribution >= 4 is 22.8 Å². The maximum atomic E-state index is 12.7. The number of rotatable bonds is 4. The average Bonchev–Trinajstić information content (AvgIpc) is 3.11. The topological polar surface area (TPSA) is 99.1 Å². The van der Waals surface area contributed by atoms with E-state index in [9.17, 15) is 14.9 Å². The van der Waals surface area contributed by atoms with Crippen LogP contribution in [0.2, 0.25) is 0 Å². The van der Waals surface area contributed by atoms with Gasteiger partial charge in [-0.25, -0.2) is 4.79 Å². The highest BCUT2D eigenvalue weighted by Gasteiger charge is 2.41. The number of para-hydroxylation sites is 1. The van der Waals surface area contributed by atoms with E-state index in [0.29, 0.717) is 18.2 Å². The second-order valence-electron chi connectivity index (χ2n) is 6.77. The molecular weight excluding hydrogens is 332 g/mol. The number of carbonyl (C=O) groups excluding carboxylic acids is 2. The fourth-order valence-electron chi connectivity index (χ4n) is 3.53. The van der Waals surface area contributed by atoms with Crippen LogP contribution < -0.4 is 0 Å². The Morgan fingerprint density at radius 1 is 1.31 bits per heavy atom. The predicted molar refractivity (Wildman–Crippen MR) is 95.2 cm³/mol. The molecule has 1 aromatic carbocycles. The summed E-state index contributed by atoms with van der Waals surface area (Å²) in [7, 11) is 1.62. The number of nitriles is 1. The van der Waals surface area contributed by atoms with Gasteiger partial charge in [-0.15, -0.1) is 0 Å². The first kappa shape index (κ1) is 17.9. The number of H-pyrrole nitrogens is 1. The molecule has 136 valence electrons. The Hall–Kier alpha value is -2.88. The molecule has 1 fully saturated rings. The van der Waals surface area contributed by atoms with Crippen LogP contribution in [0.3, 0.4) is 0 Å². The van der Waals surface area contributed by atoms with E-state index >= 15 is 0 Å². The summed E-state index contributed by atoms with van der Waals surface area (Å²) in [5.41, 5.74) is 0.0615. The first-order valence-corrected chi connectivity index (χ1v) is 8.81. The van der Waals surface area contributed by atoms with Crippen molar-refractivity contribution in [3.05, 3.63) is 30.0 Å². The Kier molecular flexibility index (Phi) is 4.94. The number of carbonyl (C=O) groups is 2. The van der Waals surface area contributed by atoms with E-state index in [0.717, 1.165) is 24.8 Å². The number of ether oxygens (including phenoxy) is 1. The van der Waals surface area contributed by atoms with E-state index in [1.54, 1.807) is 25.2 Å². The third-order valence-corrected chi connectivity index (χ3v) is 5.16. The Labute approximate surface area is 151 Å². The fourth-order valence-corrected chi connectivity index (χ4v) is 3.53. The van der Waals surface area contributed by atoms with Crippen LogP contribution in [-0.2, 0) is 9.53 Å². The minimum atomic E-state index is -0.991. The van der Waals surface area contributed by atoms with Crippen LogP contribution in [0.4, 0.5) is 0 Å². The van der Waals surface area contributed by atoms with Gasteiger partial charge in [0.1, 0.15) is 5.54 Å². The van der Waals surface area contributed by atoms with Crippen LogP contribution in [0.5, 0.6) is 0 Å². The molecule has 1 amide bonds. The van der Waals surface area contributed by atoms with Crippen molar-refractivity contribution < 1.29 is 14.3 Å². The van der Waals surface area contributed by atoms with E-state index in [-0.39, 0.29) is 11.6 Å². The molecule has 1 saturated carbocycles. The third kappa shape index (κ3) is 3.15. The van der Waals surface area contributed by atoms with Gasteiger partial charge in [0.25, 0.3) is 5.91 Å².